The van der Waals surface area contributed by atoms with Crippen LogP contribution in [0.4, 0.5) is 0 Å². The van der Waals surface area contributed by atoms with Gasteiger partial charge in [0.25, 0.3) is 0 Å². The number of rotatable bonds is 5. The van der Waals surface area contributed by atoms with Crippen molar-refractivity contribution in [2.45, 2.75) is 37.7 Å². The van der Waals surface area contributed by atoms with Crippen molar-refractivity contribution < 1.29 is 9.84 Å². The average molecular weight is 476 g/mol. The molecule has 0 saturated heterocycles. The van der Waals surface area contributed by atoms with E-state index in [1.807, 2.05) is 37.3 Å². The summed E-state index contributed by atoms with van der Waals surface area (Å²) in [4.78, 5) is 14.1. The van der Waals surface area contributed by atoms with Crippen molar-refractivity contribution in [3.8, 4) is 23.0 Å². The third-order valence-electron chi connectivity index (χ3n) is 5.80. The summed E-state index contributed by atoms with van der Waals surface area (Å²) in [5.74, 6) is 2.47. The quantitative estimate of drug-likeness (QED) is 0.238. The fraction of sp³-hybridized carbons (Fsp3) is 0.192. The van der Waals surface area contributed by atoms with Crippen LogP contribution in [0.25, 0.3) is 11.4 Å². The summed E-state index contributed by atoms with van der Waals surface area (Å²) in [7, 11) is 0. The zero-order valence-electron chi connectivity index (χ0n) is 18.3. The number of halogens is 1. The van der Waals surface area contributed by atoms with Crippen molar-refractivity contribution >= 4 is 23.4 Å². The molecule has 7 heteroatoms. The molecule has 0 amide bonds. The van der Waals surface area contributed by atoms with Crippen molar-refractivity contribution in [3.63, 3.8) is 0 Å². The van der Waals surface area contributed by atoms with Crippen LogP contribution in [0, 0.1) is 13.8 Å². The van der Waals surface area contributed by atoms with Gasteiger partial charge in [0.2, 0.25) is 5.88 Å². The number of aromatic nitrogens is 3. The lowest BCUT2D eigenvalue weighted by Crippen LogP contribution is -2.13. The Kier molecular flexibility index (Phi) is 6.06. The summed E-state index contributed by atoms with van der Waals surface area (Å²) in [6.45, 7) is 3.91. The van der Waals surface area contributed by atoms with E-state index in [0.717, 1.165) is 38.7 Å². The normalized spacial score (nSPS) is 12.1. The molecule has 3 heterocycles. The number of hydrogen-bond acceptors (Lipinski definition) is 6. The smallest absolute Gasteiger partial charge is 0.227 e. The number of hydrogen-bond donors (Lipinski definition) is 1. The van der Waals surface area contributed by atoms with Gasteiger partial charge in [0.1, 0.15) is 5.03 Å². The van der Waals surface area contributed by atoms with Gasteiger partial charge in [-0.2, -0.15) is 4.98 Å². The van der Waals surface area contributed by atoms with Crippen molar-refractivity contribution in [1.82, 2.24) is 15.0 Å². The number of pyridine rings is 1. The molecule has 0 bridgehead atoms. The van der Waals surface area contributed by atoms with E-state index in [-0.39, 0.29) is 6.61 Å². The first-order chi connectivity index (χ1) is 16.0. The van der Waals surface area contributed by atoms with E-state index in [9.17, 15) is 5.11 Å². The second-order valence-electron chi connectivity index (χ2n) is 7.94. The van der Waals surface area contributed by atoms with Gasteiger partial charge in [-0.05, 0) is 37.1 Å². The molecular formula is C26H22ClN3O2S. The molecule has 2 aromatic heterocycles. The van der Waals surface area contributed by atoms with Gasteiger partial charge in [-0.25, -0.2) is 4.98 Å². The molecule has 4 aromatic rings. The molecule has 2 aromatic carbocycles. The minimum atomic E-state index is -0.0987. The molecule has 166 valence electrons. The largest absolute Gasteiger partial charge is 0.436 e. The first-order valence-corrected chi connectivity index (χ1v) is 12.0. The van der Waals surface area contributed by atoms with Gasteiger partial charge in [0, 0.05) is 35.1 Å². The standard InChI is InChI=1S/C26H22ClN3O2S/c1-15-7-3-4-8-17(15)14-33-26-21-11-20-18(13-31)12-28-16(2)23(20)32-25(21)29-24(30-26)19-9-5-6-10-22(19)27/h3-10,12,31H,11,13-14H2,1-2H3. The lowest BCUT2D eigenvalue weighted by atomic mass is 9.99. The molecule has 0 fully saturated rings. The number of aliphatic hydroxyl groups excluding tert-OH is 1. The van der Waals surface area contributed by atoms with Crippen LogP contribution in [-0.2, 0) is 18.8 Å². The van der Waals surface area contributed by atoms with E-state index in [4.69, 9.17) is 26.3 Å². The highest BCUT2D eigenvalue weighted by atomic mass is 35.5. The molecule has 0 radical (unpaired) electrons. The molecule has 5 nitrogen and oxygen atoms in total. The SMILES string of the molecule is Cc1ccccc1CSc1nc(-c2ccccc2Cl)nc2c1Cc1c(CO)cnc(C)c1O2. The predicted molar refractivity (Wildman–Crippen MR) is 131 cm³/mol. The first kappa shape index (κ1) is 21.9. The number of benzene rings is 2. The molecule has 1 aliphatic heterocycles. The average Bonchev–Trinajstić information content (AvgIpc) is 2.83. The Labute approximate surface area is 201 Å². The molecule has 33 heavy (non-hydrogen) atoms. The van der Waals surface area contributed by atoms with Crippen LogP contribution in [0.1, 0.15) is 33.5 Å². The summed E-state index contributed by atoms with van der Waals surface area (Å²) in [6, 6.07) is 15.9. The van der Waals surface area contributed by atoms with E-state index in [1.165, 1.54) is 11.1 Å². The Bertz CT molecular complexity index is 1360. The van der Waals surface area contributed by atoms with Gasteiger partial charge >= 0.3 is 0 Å². The van der Waals surface area contributed by atoms with Gasteiger partial charge in [-0.3, -0.25) is 4.98 Å². The molecular weight excluding hydrogens is 454 g/mol. The minimum Gasteiger partial charge on any atom is -0.436 e. The van der Waals surface area contributed by atoms with Gasteiger partial charge in [-0.15, -0.1) is 11.8 Å². The fourth-order valence-corrected chi connectivity index (χ4v) is 5.22. The van der Waals surface area contributed by atoms with Crippen molar-refractivity contribution in [1.29, 1.82) is 0 Å². The first-order valence-electron chi connectivity index (χ1n) is 10.6. The van der Waals surface area contributed by atoms with Gasteiger partial charge in [-0.1, -0.05) is 48.0 Å². The molecule has 0 spiro atoms. The highest BCUT2D eigenvalue weighted by molar-refractivity contribution is 7.98. The molecule has 0 saturated carbocycles. The number of nitrogens with zero attached hydrogens (tertiary/aromatic N) is 3. The molecule has 1 N–H and O–H groups in total. The second-order valence-corrected chi connectivity index (χ2v) is 9.32. The molecule has 5 rings (SSSR count). The third kappa shape index (κ3) is 4.22. The fourth-order valence-electron chi connectivity index (χ4n) is 3.89. The maximum Gasteiger partial charge on any atom is 0.227 e. The number of aliphatic hydroxyl groups is 1. The van der Waals surface area contributed by atoms with Crippen LogP contribution >= 0.6 is 23.4 Å². The van der Waals surface area contributed by atoms with E-state index in [1.54, 1.807) is 18.0 Å². The van der Waals surface area contributed by atoms with E-state index in [2.05, 4.69) is 30.1 Å². The maximum absolute atomic E-state index is 9.86. The summed E-state index contributed by atoms with van der Waals surface area (Å²) in [5, 5.41) is 11.3. The number of aryl methyl sites for hydroxylation is 2. The number of fused-ring (bicyclic) bond motifs is 2. The molecule has 0 atom stereocenters. The Morgan fingerprint density at radius 3 is 2.58 bits per heavy atom. The third-order valence-corrected chi connectivity index (χ3v) is 7.19. The highest BCUT2D eigenvalue weighted by Gasteiger charge is 2.28. The Morgan fingerprint density at radius 2 is 1.79 bits per heavy atom. The predicted octanol–water partition coefficient (Wildman–Crippen LogP) is 6.29. The van der Waals surface area contributed by atoms with Crippen LogP contribution in [0.15, 0.2) is 59.8 Å². The molecule has 0 unspecified atom stereocenters. The summed E-state index contributed by atoms with van der Waals surface area (Å²) >= 11 is 8.13. The van der Waals surface area contributed by atoms with E-state index >= 15 is 0 Å². The van der Waals surface area contributed by atoms with Crippen LogP contribution in [-0.4, -0.2) is 20.1 Å². The topological polar surface area (TPSA) is 68.1 Å². The van der Waals surface area contributed by atoms with Crippen LogP contribution in [0.3, 0.4) is 0 Å². The lowest BCUT2D eigenvalue weighted by molar-refractivity contribution is 0.278. The monoisotopic (exact) mass is 475 g/mol. The van der Waals surface area contributed by atoms with Crippen molar-refractivity contribution in [3.05, 3.63) is 93.3 Å². The molecule has 0 aliphatic carbocycles. The second kappa shape index (κ2) is 9.14. The van der Waals surface area contributed by atoms with Gasteiger partial charge < -0.3 is 9.84 Å². The Morgan fingerprint density at radius 1 is 1.00 bits per heavy atom. The van der Waals surface area contributed by atoms with Crippen LogP contribution in [0.2, 0.25) is 5.02 Å². The highest BCUT2D eigenvalue weighted by Crippen LogP contribution is 2.43. The summed E-state index contributed by atoms with van der Waals surface area (Å²) < 4.78 is 6.29. The Balaban J connectivity index is 1.62. The van der Waals surface area contributed by atoms with E-state index in [0.29, 0.717) is 28.9 Å². The van der Waals surface area contributed by atoms with Crippen LogP contribution in [0.5, 0.6) is 11.6 Å². The van der Waals surface area contributed by atoms with Gasteiger partial charge in [0.05, 0.1) is 22.9 Å². The minimum absolute atomic E-state index is 0.0987. The number of ether oxygens (including phenoxy) is 1. The van der Waals surface area contributed by atoms with Crippen molar-refractivity contribution in [2.75, 3.05) is 0 Å². The van der Waals surface area contributed by atoms with E-state index < -0.39 is 0 Å². The van der Waals surface area contributed by atoms with Gasteiger partial charge in [0.15, 0.2) is 11.6 Å². The molecule has 1 aliphatic rings. The summed E-state index contributed by atoms with van der Waals surface area (Å²) in [6.07, 6.45) is 2.28. The summed E-state index contributed by atoms with van der Waals surface area (Å²) in [5.41, 5.74) is 6.62. The van der Waals surface area contributed by atoms with Crippen molar-refractivity contribution in [2.24, 2.45) is 0 Å². The maximum atomic E-state index is 9.86. The number of thioether (sulfide) groups is 1. The lowest BCUT2D eigenvalue weighted by Gasteiger charge is -2.24. The Hall–Kier alpha value is -2.93. The zero-order valence-corrected chi connectivity index (χ0v) is 19.9. The zero-order chi connectivity index (χ0) is 22.9. The van der Waals surface area contributed by atoms with Crippen LogP contribution < -0.4 is 4.74 Å².